The van der Waals surface area contributed by atoms with Gasteiger partial charge in [0.1, 0.15) is 0 Å². The van der Waals surface area contributed by atoms with Crippen molar-refractivity contribution in [3.8, 4) is 0 Å². The standard InChI is InChI=1S/C30H34Si/c1-22-10-7-13-25(18-22)30(26-14-8-11-23(2)19-26,27-15-9-12-24(3)20-27)28-16-17-29(21-28)31(4,5)6/h7-21,29H,1-6H3. The summed E-state index contributed by atoms with van der Waals surface area (Å²) < 4.78 is 0. The summed E-state index contributed by atoms with van der Waals surface area (Å²) in [5.74, 6) is 0. The van der Waals surface area contributed by atoms with Crippen molar-refractivity contribution in [2.45, 2.75) is 51.4 Å². The first-order valence-corrected chi connectivity index (χ1v) is 14.9. The first-order chi connectivity index (χ1) is 14.7. The summed E-state index contributed by atoms with van der Waals surface area (Å²) in [6.07, 6.45) is 7.44. The van der Waals surface area contributed by atoms with Gasteiger partial charge in [-0.1, -0.05) is 127 Å². The molecule has 4 rings (SSSR count). The lowest BCUT2D eigenvalue weighted by atomic mass is 9.64. The van der Waals surface area contributed by atoms with Gasteiger partial charge in [-0.2, -0.15) is 0 Å². The van der Waals surface area contributed by atoms with E-state index in [9.17, 15) is 0 Å². The van der Waals surface area contributed by atoms with Crippen LogP contribution < -0.4 is 0 Å². The lowest BCUT2D eigenvalue weighted by Crippen LogP contribution is -2.32. The molecule has 0 spiro atoms. The van der Waals surface area contributed by atoms with Crippen LogP contribution in [0, 0.1) is 20.8 Å². The summed E-state index contributed by atoms with van der Waals surface area (Å²) in [6.45, 7) is 14.0. The second kappa shape index (κ2) is 8.13. The molecule has 0 fully saturated rings. The maximum absolute atomic E-state index is 2.57. The SMILES string of the molecule is Cc1cccc(C(C2=CC([Si](C)(C)C)C=C2)(c2cccc(C)c2)c2cccc(C)c2)c1. The first-order valence-electron chi connectivity index (χ1n) is 11.3. The minimum Gasteiger partial charge on any atom is -0.0800 e. The Labute approximate surface area is 189 Å². The Morgan fingerprint density at radius 1 is 0.645 bits per heavy atom. The maximum Gasteiger partial charge on any atom is 0.0698 e. The van der Waals surface area contributed by atoms with Crippen LogP contribution in [0.3, 0.4) is 0 Å². The molecule has 1 aliphatic carbocycles. The highest BCUT2D eigenvalue weighted by Gasteiger charge is 2.42. The van der Waals surface area contributed by atoms with E-state index in [0.29, 0.717) is 5.54 Å². The number of allylic oxidation sites excluding steroid dienone is 4. The van der Waals surface area contributed by atoms with E-state index in [1.54, 1.807) is 0 Å². The normalized spacial score (nSPS) is 16.5. The lowest BCUT2D eigenvalue weighted by Gasteiger charge is -2.38. The van der Waals surface area contributed by atoms with Gasteiger partial charge >= 0.3 is 0 Å². The van der Waals surface area contributed by atoms with Crippen LogP contribution in [-0.4, -0.2) is 8.07 Å². The van der Waals surface area contributed by atoms with Crippen LogP contribution in [0.1, 0.15) is 33.4 Å². The number of benzene rings is 3. The zero-order valence-electron chi connectivity index (χ0n) is 19.7. The van der Waals surface area contributed by atoms with Crippen LogP contribution in [0.5, 0.6) is 0 Å². The quantitative estimate of drug-likeness (QED) is 0.287. The Balaban J connectivity index is 2.11. The number of aryl methyl sites for hydroxylation is 3. The molecule has 3 aromatic rings. The third-order valence-corrected chi connectivity index (χ3v) is 8.99. The molecule has 0 saturated carbocycles. The van der Waals surface area contributed by atoms with Crippen LogP contribution in [0.25, 0.3) is 0 Å². The molecule has 1 heteroatoms. The molecule has 0 heterocycles. The second-order valence-corrected chi connectivity index (χ2v) is 15.6. The van der Waals surface area contributed by atoms with Gasteiger partial charge in [-0.25, -0.2) is 0 Å². The number of hydrogen-bond donors (Lipinski definition) is 0. The predicted octanol–water partition coefficient (Wildman–Crippen LogP) is 8.15. The van der Waals surface area contributed by atoms with E-state index in [2.05, 4.69) is 131 Å². The summed E-state index contributed by atoms with van der Waals surface area (Å²) in [4.78, 5) is 0. The van der Waals surface area contributed by atoms with Crippen molar-refractivity contribution >= 4 is 8.07 Å². The van der Waals surface area contributed by atoms with E-state index in [1.165, 1.54) is 39.0 Å². The highest BCUT2D eigenvalue weighted by atomic mass is 28.3. The molecule has 0 bridgehead atoms. The fourth-order valence-electron chi connectivity index (χ4n) is 4.94. The molecule has 3 aromatic carbocycles. The average molecular weight is 423 g/mol. The Bertz CT molecular complexity index is 1050. The molecule has 0 radical (unpaired) electrons. The Morgan fingerprint density at radius 3 is 1.39 bits per heavy atom. The third-order valence-electron chi connectivity index (χ3n) is 6.63. The van der Waals surface area contributed by atoms with Crippen molar-refractivity contribution in [1.29, 1.82) is 0 Å². The van der Waals surface area contributed by atoms with Gasteiger partial charge in [-0.15, -0.1) is 0 Å². The molecule has 31 heavy (non-hydrogen) atoms. The van der Waals surface area contributed by atoms with Crippen molar-refractivity contribution in [3.63, 3.8) is 0 Å². The molecule has 0 nitrogen and oxygen atoms in total. The first kappa shape index (κ1) is 21.6. The third kappa shape index (κ3) is 3.99. The van der Waals surface area contributed by atoms with Gasteiger partial charge in [0.05, 0.1) is 13.5 Å². The van der Waals surface area contributed by atoms with Crippen molar-refractivity contribution in [2.24, 2.45) is 0 Å². The average Bonchev–Trinajstić information content (AvgIpc) is 3.20. The van der Waals surface area contributed by atoms with E-state index in [-0.39, 0.29) is 5.41 Å². The molecular formula is C30H34Si. The summed E-state index contributed by atoms with van der Waals surface area (Å²) in [7, 11) is -1.34. The highest BCUT2D eigenvalue weighted by Crippen LogP contribution is 2.49. The van der Waals surface area contributed by atoms with Gasteiger partial charge in [-0.05, 0) is 48.6 Å². The minimum atomic E-state index is -1.34. The summed E-state index contributed by atoms with van der Waals surface area (Å²) in [6, 6.07) is 27.3. The van der Waals surface area contributed by atoms with Gasteiger partial charge < -0.3 is 0 Å². The highest BCUT2D eigenvalue weighted by molar-refractivity contribution is 6.78. The Morgan fingerprint density at radius 2 is 1.06 bits per heavy atom. The Kier molecular flexibility index (Phi) is 5.66. The summed E-state index contributed by atoms with van der Waals surface area (Å²) in [5.41, 5.74) is 9.56. The zero-order chi connectivity index (χ0) is 22.2. The summed E-state index contributed by atoms with van der Waals surface area (Å²) in [5, 5.41) is 0. The van der Waals surface area contributed by atoms with E-state index < -0.39 is 8.07 Å². The fraction of sp³-hybridized carbons (Fsp3) is 0.267. The van der Waals surface area contributed by atoms with E-state index in [0.717, 1.165) is 0 Å². The van der Waals surface area contributed by atoms with Crippen LogP contribution in [0.4, 0.5) is 0 Å². The van der Waals surface area contributed by atoms with Crippen LogP contribution in [0.2, 0.25) is 25.2 Å². The number of rotatable bonds is 5. The second-order valence-electron chi connectivity index (χ2n) is 10.2. The molecule has 1 aliphatic rings. The van der Waals surface area contributed by atoms with Gasteiger partial charge in [-0.3, -0.25) is 0 Å². The van der Waals surface area contributed by atoms with Crippen LogP contribution in [0.15, 0.2) is 96.6 Å². The molecule has 158 valence electrons. The molecule has 0 aliphatic heterocycles. The van der Waals surface area contributed by atoms with Crippen LogP contribution in [-0.2, 0) is 5.41 Å². The van der Waals surface area contributed by atoms with E-state index in [1.807, 2.05) is 0 Å². The molecule has 1 atom stereocenters. The largest absolute Gasteiger partial charge is 0.0800 e. The molecule has 0 saturated heterocycles. The van der Waals surface area contributed by atoms with Gasteiger partial charge in [0.2, 0.25) is 0 Å². The monoisotopic (exact) mass is 422 g/mol. The van der Waals surface area contributed by atoms with Crippen molar-refractivity contribution < 1.29 is 0 Å². The number of hydrogen-bond acceptors (Lipinski definition) is 0. The molecule has 1 unspecified atom stereocenters. The predicted molar refractivity (Wildman–Crippen MR) is 138 cm³/mol. The van der Waals surface area contributed by atoms with Crippen molar-refractivity contribution in [3.05, 3.63) is 130 Å². The van der Waals surface area contributed by atoms with Gasteiger partial charge in [0.25, 0.3) is 0 Å². The topological polar surface area (TPSA) is 0 Å². The molecule has 0 amide bonds. The van der Waals surface area contributed by atoms with Crippen molar-refractivity contribution in [1.82, 2.24) is 0 Å². The smallest absolute Gasteiger partial charge is 0.0698 e. The fourth-order valence-corrected chi connectivity index (χ4v) is 6.29. The van der Waals surface area contributed by atoms with E-state index >= 15 is 0 Å². The lowest BCUT2D eigenvalue weighted by molar-refractivity contribution is 0.741. The minimum absolute atomic E-state index is 0.324. The Hall–Kier alpha value is -2.64. The van der Waals surface area contributed by atoms with Crippen molar-refractivity contribution in [2.75, 3.05) is 0 Å². The van der Waals surface area contributed by atoms with Gasteiger partial charge in [0.15, 0.2) is 0 Å². The maximum atomic E-state index is 2.57. The van der Waals surface area contributed by atoms with E-state index in [4.69, 9.17) is 0 Å². The molecule has 0 N–H and O–H groups in total. The van der Waals surface area contributed by atoms with Gasteiger partial charge in [0, 0.05) is 0 Å². The molecule has 0 aromatic heterocycles. The van der Waals surface area contributed by atoms with Crippen LogP contribution >= 0.6 is 0 Å². The zero-order valence-corrected chi connectivity index (χ0v) is 20.7. The molecular weight excluding hydrogens is 388 g/mol. The summed E-state index contributed by atoms with van der Waals surface area (Å²) >= 11 is 0.